The van der Waals surface area contributed by atoms with Crippen LogP contribution in [0.4, 0.5) is 0 Å². The monoisotopic (exact) mass is 305 g/mol. The van der Waals surface area contributed by atoms with E-state index in [1.54, 1.807) is 11.8 Å². The fourth-order valence-corrected chi connectivity index (χ4v) is 2.94. The standard InChI is InChI=1S/C16H23N3OS/c1-11(7-8-21-2)19-16(20)14(17)9-12-10-18-15-6-4-3-5-13(12)15/h3-6,10-11,14,18H,7-9,17H2,1-2H3,(H,19,20)/t11?,14-/m1/s1. The zero-order chi connectivity index (χ0) is 15.2. The minimum absolute atomic E-state index is 0.0751. The van der Waals surface area contributed by atoms with Gasteiger partial charge in [-0.05, 0) is 43.4 Å². The number of carbonyl (C=O) groups is 1. The second kappa shape index (κ2) is 7.52. The summed E-state index contributed by atoms with van der Waals surface area (Å²) in [4.78, 5) is 15.3. The molecule has 5 heteroatoms. The van der Waals surface area contributed by atoms with E-state index in [9.17, 15) is 4.79 Å². The number of nitrogens with two attached hydrogens (primary N) is 1. The summed E-state index contributed by atoms with van der Waals surface area (Å²) in [5, 5.41) is 4.12. The number of fused-ring (bicyclic) bond motifs is 1. The molecule has 0 aliphatic carbocycles. The fraction of sp³-hybridized carbons (Fsp3) is 0.438. The van der Waals surface area contributed by atoms with Crippen LogP contribution in [0, 0.1) is 0 Å². The number of hydrogen-bond acceptors (Lipinski definition) is 3. The number of nitrogens with one attached hydrogen (secondary N) is 2. The third-order valence-corrected chi connectivity index (χ3v) is 4.24. The highest BCUT2D eigenvalue weighted by Gasteiger charge is 2.17. The lowest BCUT2D eigenvalue weighted by molar-refractivity contribution is -0.122. The molecule has 1 amide bonds. The van der Waals surface area contributed by atoms with E-state index in [1.807, 2.05) is 37.4 Å². The summed E-state index contributed by atoms with van der Waals surface area (Å²) in [7, 11) is 0. The highest BCUT2D eigenvalue weighted by atomic mass is 32.2. The first kappa shape index (κ1) is 15.9. The average molecular weight is 305 g/mol. The molecular weight excluding hydrogens is 282 g/mol. The SMILES string of the molecule is CSCCC(C)NC(=O)[C@H](N)Cc1c[nH]c2ccccc12. The predicted octanol–water partition coefficient (Wildman–Crippen LogP) is 2.30. The van der Waals surface area contributed by atoms with E-state index in [0.29, 0.717) is 6.42 Å². The maximum atomic E-state index is 12.1. The van der Waals surface area contributed by atoms with E-state index in [1.165, 1.54) is 0 Å². The first-order valence-corrected chi connectivity index (χ1v) is 8.61. The van der Waals surface area contributed by atoms with Crippen LogP contribution in [-0.4, -0.2) is 35.0 Å². The van der Waals surface area contributed by atoms with Gasteiger partial charge >= 0.3 is 0 Å². The Hall–Kier alpha value is -1.46. The fourth-order valence-electron chi connectivity index (χ4n) is 2.35. The maximum Gasteiger partial charge on any atom is 0.237 e. The van der Waals surface area contributed by atoms with Crippen molar-refractivity contribution in [2.45, 2.75) is 31.8 Å². The topological polar surface area (TPSA) is 70.9 Å². The van der Waals surface area contributed by atoms with Crippen molar-refractivity contribution in [1.29, 1.82) is 0 Å². The van der Waals surface area contributed by atoms with Crippen LogP contribution in [-0.2, 0) is 11.2 Å². The van der Waals surface area contributed by atoms with Gasteiger partial charge < -0.3 is 16.0 Å². The molecule has 0 radical (unpaired) electrons. The van der Waals surface area contributed by atoms with Gasteiger partial charge in [0.15, 0.2) is 0 Å². The zero-order valence-electron chi connectivity index (χ0n) is 12.6. The Labute approximate surface area is 129 Å². The Balaban J connectivity index is 1.94. The quantitative estimate of drug-likeness (QED) is 0.735. The third kappa shape index (κ3) is 4.25. The van der Waals surface area contributed by atoms with Gasteiger partial charge in [-0.2, -0.15) is 11.8 Å². The molecule has 0 bridgehead atoms. The average Bonchev–Trinajstić information content (AvgIpc) is 2.88. The van der Waals surface area contributed by atoms with Gasteiger partial charge in [-0.15, -0.1) is 0 Å². The first-order chi connectivity index (χ1) is 10.1. The second-order valence-electron chi connectivity index (χ2n) is 5.36. The summed E-state index contributed by atoms with van der Waals surface area (Å²) >= 11 is 1.78. The summed E-state index contributed by atoms with van der Waals surface area (Å²) in [6.07, 6.45) is 5.52. The Morgan fingerprint density at radius 3 is 2.95 bits per heavy atom. The van der Waals surface area contributed by atoms with Crippen LogP contribution in [0.2, 0.25) is 0 Å². The molecule has 1 unspecified atom stereocenters. The maximum absolute atomic E-state index is 12.1. The number of H-pyrrole nitrogens is 1. The molecule has 2 aromatic rings. The van der Waals surface area contributed by atoms with Crippen LogP contribution in [0.15, 0.2) is 30.5 Å². The summed E-state index contributed by atoms with van der Waals surface area (Å²) in [5.41, 5.74) is 8.21. The molecule has 114 valence electrons. The predicted molar refractivity (Wildman–Crippen MR) is 90.6 cm³/mol. The number of aromatic amines is 1. The summed E-state index contributed by atoms with van der Waals surface area (Å²) in [6.45, 7) is 2.02. The number of para-hydroxylation sites is 1. The number of rotatable bonds is 7. The number of benzene rings is 1. The Kier molecular flexibility index (Phi) is 5.70. The summed E-state index contributed by atoms with van der Waals surface area (Å²) in [5.74, 6) is 0.966. The van der Waals surface area contributed by atoms with Crippen molar-refractivity contribution in [3.05, 3.63) is 36.0 Å². The van der Waals surface area contributed by atoms with Gasteiger partial charge in [0, 0.05) is 23.1 Å². The van der Waals surface area contributed by atoms with Gasteiger partial charge in [-0.3, -0.25) is 4.79 Å². The van der Waals surface area contributed by atoms with Crippen LogP contribution in [0.5, 0.6) is 0 Å². The normalized spacial score (nSPS) is 14.0. The molecule has 1 aromatic carbocycles. The minimum atomic E-state index is -0.513. The molecule has 0 fully saturated rings. The number of amides is 1. The van der Waals surface area contributed by atoms with E-state index >= 15 is 0 Å². The molecule has 1 aromatic heterocycles. The highest BCUT2D eigenvalue weighted by molar-refractivity contribution is 7.98. The molecule has 0 saturated heterocycles. The molecule has 0 saturated carbocycles. The van der Waals surface area contributed by atoms with E-state index in [2.05, 4.69) is 16.6 Å². The van der Waals surface area contributed by atoms with Crippen molar-refractivity contribution in [3.63, 3.8) is 0 Å². The number of hydrogen-bond donors (Lipinski definition) is 3. The van der Waals surface area contributed by atoms with Gasteiger partial charge in [-0.25, -0.2) is 0 Å². The molecule has 2 rings (SSSR count). The molecule has 4 nitrogen and oxygen atoms in total. The summed E-state index contributed by atoms with van der Waals surface area (Å²) in [6, 6.07) is 7.71. The third-order valence-electron chi connectivity index (χ3n) is 3.60. The minimum Gasteiger partial charge on any atom is -0.361 e. The van der Waals surface area contributed by atoms with Crippen molar-refractivity contribution < 1.29 is 4.79 Å². The smallest absolute Gasteiger partial charge is 0.237 e. The van der Waals surface area contributed by atoms with Crippen LogP contribution < -0.4 is 11.1 Å². The molecule has 1 heterocycles. The molecular formula is C16H23N3OS. The van der Waals surface area contributed by atoms with E-state index in [0.717, 1.165) is 28.6 Å². The lowest BCUT2D eigenvalue weighted by Crippen LogP contribution is -2.45. The van der Waals surface area contributed by atoms with Gasteiger partial charge in [-0.1, -0.05) is 18.2 Å². The Morgan fingerprint density at radius 2 is 2.19 bits per heavy atom. The van der Waals surface area contributed by atoms with Crippen molar-refractivity contribution in [3.8, 4) is 0 Å². The van der Waals surface area contributed by atoms with E-state index in [4.69, 9.17) is 5.73 Å². The van der Waals surface area contributed by atoms with Gasteiger partial charge in [0.25, 0.3) is 0 Å². The van der Waals surface area contributed by atoms with Crippen molar-refractivity contribution in [2.75, 3.05) is 12.0 Å². The Bertz CT molecular complexity index is 596. The number of carbonyl (C=O) groups excluding carboxylic acids is 1. The van der Waals surface area contributed by atoms with E-state index in [-0.39, 0.29) is 11.9 Å². The van der Waals surface area contributed by atoms with Crippen LogP contribution in [0.3, 0.4) is 0 Å². The van der Waals surface area contributed by atoms with Crippen molar-refractivity contribution in [1.82, 2.24) is 10.3 Å². The zero-order valence-corrected chi connectivity index (χ0v) is 13.4. The van der Waals surface area contributed by atoms with Crippen molar-refractivity contribution >= 4 is 28.6 Å². The van der Waals surface area contributed by atoms with Gasteiger partial charge in [0.2, 0.25) is 5.91 Å². The van der Waals surface area contributed by atoms with Gasteiger partial charge in [0.1, 0.15) is 0 Å². The second-order valence-corrected chi connectivity index (χ2v) is 6.35. The van der Waals surface area contributed by atoms with Gasteiger partial charge in [0.05, 0.1) is 6.04 Å². The highest BCUT2D eigenvalue weighted by Crippen LogP contribution is 2.18. The lowest BCUT2D eigenvalue weighted by atomic mass is 10.0. The molecule has 21 heavy (non-hydrogen) atoms. The summed E-state index contributed by atoms with van der Waals surface area (Å²) < 4.78 is 0. The largest absolute Gasteiger partial charge is 0.361 e. The van der Waals surface area contributed by atoms with E-state index < -0.39 is 6.04 Å². The van der Waals surface area contributed by atoms with Crippen LogP contribution in [0.1, 0.15) is 18.9 Å². The molecule has 0 aliphatic heterocycles. The Morgan fingerprint density at radius 1 is 1.43 bits per heavy atom. The molecule has 0 spiro atoms. The number of thioether (sulfide) groups is 1. The molecule has 0 aliphatic rings. The molecule has 4 N–H and O–H groups in total. The number of aromatic nitrogens is 1. The first-order valence-electron chi connectivity index (χ1n) is 7.21. The van der Waals surface area contributed by atoms with Crippen molar-refractivity contribution in [2.24, 2.45) is 5.73 Å². The van der Waals surface area contributed by atoms with Crippen LogP contribution in [0.25, 0.3) is 10.9 Å². The lowest BCUT2D eigenvalue weighted by Gasteiger charge is -2.17. The van der Waals surface area contributed by atoms with Crippen LogP contribution >= 0.6 is 11.8 Å². The molecule has 2 atom stereocenters.